The second-order valence-electron chi connectivity index (χ2n) is 7.35. The summed E-state index contributed by atoms with van der Waals surface area (Å²) in [4.78, 5) is 12.0. The molecule has 0 spiro atoms. The van der Waals surface area contributed by atoms with Gasteiger partial charge in [-0.15, -0.1) is 0 Å². The second-order valence-corrected chi connectivity index (χ2v) is 7.76. The number of nitrogens with zero attached hydrogens (tertiary/aromatic N) is 2. The molecule has 2 aromatic heterocycles. The van der Waals surface area contributed by atoms with Gasteiger partial charge in [0.2, 0.25) is 0 Å². The van der Waals surface area contributed by atoms with Crippen LogP contribution in [-0.2, 0) is 15.4 Å². The second kappa shape index (κ2) is 6.90. The lowest BCUT2D eigenvalue weighted by atomic mass is 10.1. The number of rotatable bonds is 4. The predicted molar refractivity (Wildman–Crippen MR) is 102 cm³/mol. The fourth-order valence-corrected chi connectivity index (χ4v) is 4.01. The molecule has 1 aromatic carbocycles. The Balaban J connectivity index is 1.42. The van der Waals surface area contributed by atoms with Gasteiger partial charge in [0.05, 0.1) is 28.9 Å². The quantitative estimate of drug-likeness (QED) is 0.679. The monoisotopic (exact) mass is 421 g/mol. The van der Waals surface area contributed by atoms with Gasteiger partial charge in [0.15, 0.2) is 11.8 Å². The molecule has 3 atom stereocenters. The average molecular weight is 422 g/mol. The average Bonchev–Trinajstić information content (AvgIpc) is 3.37. The van der Waals surface area contributed by atoms with E-state index in [4.69, 9.17) is 25.8 Å². The highest BCUT2D eigenvalue weighted by Crippen LogP contribution is 2.33. The van der Waals surface area contributed by atoms with Crippen molar-refractivity contribution < 1.29 is 23.0 Å². The molecule has 152 valence electrons. The van der Waals surface area contributed by atoms with Crippen LogP contribution >= 0.6 is 11.6 Å². The van der Waals surface area contributed by atoms with Crippen LogP contribution in [0, 0.1) is 0 Å². The minimum absolute atomic E-state index is 0.0693. The maximum atomic E-state index is 13.4. The summed E-state index contributed by atoms with van der Waals surface area (Å²) >= 11 is 6.38. The Morgan fingerprint density at radius 1 is 1.21 bits per heavy atom. The number of fused-ring (bicyclic) bond motifs is 2. The Hall–Kier alpha value is -2.29. The minimum Gasteiger partial charge on any atom is -0.456 e. The van der Waals surface area contributed by atoms with Crippen molar-refractivity contribution in [3.05, 3.63) is 40.9 Å². The Bertz CT molecular complexity index is 1050. The zero-order valence-electron chi connectivity index (χ0n) is 15.5. The van der Waals surface area contributed by atoms with Crippen LogP contribution in [0.15, 0.2) is 30.3 Å². The van der Waals surface area contributed by atoms with Gasteiger partial charge in [-0.25, -0.2) is 13.8 Å². The van der Waals surface area contributed by atoms with E-state index in [1.54, 1.807) is 18.2 Å². The van der Waals surface area contributed by atoms with E-state index in [0.717, 1.165) is 13.3 Å². The van der Waals surface area contributed by atoms with E-state index < -0.39 is 5.92 Å². The van der Waals surface area contributed by atoms with E-state index in [1.165, 1.54) is 12.1 Å². The molecule has 3 unspecified atom stereocenters. The normalized spacial score (nSPS) is 24.2. The molecule has 6 nitrogen and oxygen atoms in total. The molecule has 0 bridgehead atoms. The van der Waals surface area contributed by atoms with Gasteiger partial charge in [0, 0.05) is 24.7 Å². The van der Waals surface area contributed by atoms with E-state index >= 15 is 0 Å². The SMILES string of the molecule is CC(F)(F)c1ccc(-c2nc3nc(OC4COC5CCOC54)[nH]c3cc2Cl)cc1. The van der Waals surface area contributed by atoms with Crippen molar-refractivity contribution in [2.75, 3.05) is 13.2 Å². The number of halogens is 3. The highest BCUT2D eigenvalue weighted by atomic mass is 35.5. The molecule has 3 aromatic rings. The van der Waals surface area contributed by atoms with E-state index in [9.17, 15) is 8.78 Å². The van der Waals surface area contributed by atoms with Crippen molar-refractivity contribution in [2.45, 2.75) is 37.6 Å². The first-order chi connectivity index (χ1) is 13.9. The molecule has 0 radical (unpaired) electrons. The summed E-state index contributed by atoms with van der Waals surface area (Å²) in [5.74, 6) is -2.90. The van der Waals surface area contributed by atoms with Crippen molar-refractivity contribution >= 4 is 22.8 Å². The number of hydrogen-bond acceptors (Lipinski definition) is 5. The number of nitrogens with one attached hydrogen (secondary N) is 1. The van der Waals surface area contributed by atoms with Gasteiger partial charge < -0.3 is 19.2 Å². The Morgan fingerprint density at radius 3 is 2.76 bits per heavy atom. The molecule has 2 saturated heterocycles. The van der Waals surface area contributed by atoms with Gasteiger partial charge in [-0.2, -0.15) is 4.98 Å². The number of pyridine rings is 1. The van der Waals surface area contributed by atoms with Crippen LogP contribution in [-0.4, -0.2) is 46.5 Å². The molecule has 29 heavy (non-hydrogen) atoms. The molecular formula is C20H18ClF2N3O3. The smallest absolute Gasteiger partial charge is 0.296 e. The highest BCUT2D eigenvalue weighted by molar-refractivity contribution is 6.33. The van der Waals surface area contributed by atoms with Crippen molar-refractivity contribution in [2.24, 2.45) is 0 Å². The zero-order valence-corrected chi connectivity index (χ0v) is 16.2. The minimum atomic E-state index is -2.90. The first kappa shape index (κ1) is 18.7. The molecule has 1 N–H and O–H groups in total. The van der Waals surface area contributed by atoms with Crippen LogP contribution in [0.1, 0.15) is 18.9 Å². The van der Waals surface area contributed by atoms with Gasteiger partial charge in [-0.1, -0.05) is 35.9 Å². The summed E-state index contributed by atoms with van der Waals surface area (Å²) in [6.07, 6.45) is 0.613. The van der Waals surface area contributed by atoms with Crippen molar-refractivity contribution in [3.63, 3.8) is 0 Å². The number of imidazole rings is 1. The maximum absolute atomic E-state index is 13.4. The van der Waals surface area contributed by atoms with Gasteiger partial charge >= 0.3 is 0 Å². The fourth-order valence-electron chi connectivity index (χ4n) is 3.75. The standard InChI is InChI=1S/C20H18ClF2N3O3/c1-20(22,23)11-4-2-10(3-5-11)16-12(21)8-13-18(25-16)26-19(24-13)29-15-9-28-14-6-7-27-17(14)15/h2-5,8,14-15,17H,6-7,9H2,1H3,(H,24,25,26). The molecule has 4 heterocycles. The van der Waals surface area contributed by atoms with Crippen LogP contribution in [0.25, 0.3) is 22.4 Å². The number of ether oxygens (including phenoxy) is 3. The largest absolute Gasteiger partial charge is 0.456 e. The summed E-state index contributed by atoms with van der Waals surface area (Å²) in [5.41, 5.74) is 2.06. The lowest BCUT2D eigenvalue weighted by Gasteiger charge is -2.15. The topological polar surface area (TPSA) is 69.3 Å². The number of benzene rings is 1. The van der Waals surface area contributed by atoms with Crippen LogP contribution in [0.2, 0.25) is 5.02 Å². The first-order valence-corrected chi connectivity index (χ1v) is 9.71. The van der Waals surface area contributed by atoms with Crippen LogP contribution in [0.3, 0.4) is 0 Å². The Kier molecular flexibility index (Phi) is 4.45. The van der Waals surface area contributed by atoms with E-state index in [0.29, 0.717) is 46.7 Å². The highest BCUT2D eigenvalue weighted by Gasteiger charge is 2.43. The summed E-state index contributed by atoms with van der Waals surface area (Å²) in [7, 11) is 0. The fraction of sp³-hybridized carbons (Fsp3) is 0.400. The molecule has 9 heteroatoms. The maximum Gasteiger partial charge on any atom is 0.296 e. The van der Waals surface area contributed by atoms with Crippen molar-refractivity contribution in [1.29, 1.82) is 0 Å². The van der Waals surface area contributed by atoms with Crippen LogP contribution in [0.5, 0.6) is 6.01 Å². The molecule has 5 rings (SSSR count). The van der Waals surface area contributed by atoms with E-state index in [1.807, 2.05) is 0 Å². The first-order valence-electron chi connectivity index (χ1n) is 9.33. The number of hydrogen-bond donors (Lipinski definition) is 1. The number of alkyl halides is 2. The summed E-state index contributed by atoms with van der Waals surface area (Å²) in [6, 6.07) is 7.89. The van der Waals surface area contributed by atoms with Crippen molar-refractivity contribution in [1.82, 2.24) is 15.0 Å². The van der Waals surface area contributed by atoms with Gasteiger partial charge in [-0.3, -0.25) is 0 Å². The zero-order chi connectivity index (χ0) is 20.2. The van der Waals surface area contributed by atoms with Crippen molar-refractivity contribution in [3.8, 4) is 17.3 Å². The van der Waals surface area contributed by atoms with Crippen LogP contribution in [0.4, 0.5) is 8.78 Å². The van der Waals surface area contributed by atoms with Gasteiger partial charge in [0.25, 0.3) is 11.9 Å². The molecule has 2 aliphatic heterocycles. The summed E-state index contributed by atoms with van der Waals surface area (Å²) in [5, 5.41) is 0.382. The van der Waals surface area contributed by atoms with E-state index in [2.05, 4.69) is 15.0 Å². The molecule has 0 aliphatic carbocycles. The predicted octanol–water partition coefficient (Wildman–Crippen LogP) is 4.33. The van der Waals surface area contributed by atoms with Crippen LogP contribution < -0.4 is 4.74 Å². The third kappa shape index (κ3) is 3.45. The number of H-pyrrole nitrogens is 1. The van der Waals surface area contributed by atoms with Gasteiger partial charge in [-0.05, 0) is 12.5 Å². The third-order valence-electron chi connectivity index (χ3n) is 5.25. The molecule has 2 aliphatic rings. The summed E-state index contributed by atoms with van der Waals surface area (Å²) < 4.78 is 44.2. The van der Waals surface area contributed by atoms with Gasteiger partial charge in [0.1, 0.15) is 6.10 Å². The molecular weight excluding hydrogens is 404 g/mol. The molecule has 0 saturated carbocycles. The molecule has 2 fully saturated rings. The Morgan fingerprint density at radius 2 is 2.00 bits per heavy atom. The number of aromatic amines is 1. The lowest BCUT2D eigenvalue weighted by molar-refractivity contribution is 0.0175. The molecule has 0 amide bonds. The van der Waals surface area contributed by atoms with E-state index in [-0.39, 0.29) is 23.9 Å². The summed E-state index contributed by atoms with van der Waals surface area (Å²) in [6.45, 7) is 1.97. The third-order valence-corrected chi connectivity index (χ3v) is 5.54. The number of aromatic nitrogens is 3. The lowest BCUT2D eigenvalue weighted by Crippen LogP contribution is -2.32. The Labute approximate surface area is 170 Å².